The first-order valence-corrected chi connectivity index (χ1v) is 7.99. The lowest BCUT2D eigenvalue weighted by atomic mass is 10.3. The van der Waals surface area contributed by atoms with Gasteiger partial charge >= 0.3 is 0 Å². The number of thiophene rings is 1. The zero-order chi connectivity index (χ0) is 14.8. The van der Waals surface area contributed by atoms with E-state index in [1.165, 1.54) is 35.2 Å². The standard InChI is InChI=1S/C14H11F2N3S2/c1-2-17-14-18-12-9(5-6-20-12)13(19-14)21-11-4-3-8(15)7-10(11)16/h3-7H,2H2,1H3,(H,17,18,19). The molecule has 1 aromatic carbocycles. The summed E-state index contributed by atoms with van der Waals surface area (Å²) >= 11 is 2.67. The number of rotatable bonds is 4. The van der Waals surface area contributed by atoms with Gasteiger partial charge in [0.25, 0.3) is 0 Å². The molecule has 2 aromatic heterocycles. The number of benzene rings is 1. The summed E-state index contributed by atoms with van der Waals surface area (Å²) in [7, 11) is 0. The van der Waals surface area contributed by atoms with E-state index in [0.29, 0.717) is 22.4 Å². The number of hydrogen-bond donors (Lipinski definition) is 1. The first kappa shape index (κ1) is 14.2. The lowest BCUT2D eigenvalue weighted by Gasteiger charge is -2.07. The molecule has 3 nitrogen and oxygen atoms in total. The zero-order valence-electron chi connectivity index (χ0n) is 11.1. The van der Waals surface area contributed by atoms with Crippen molar-refractivity contribution in [2.75, 3.05) is 11.9 Å². The molecule has 7 heteroatoms. The Hall–Kier alpha value is -1.73. The Kier molecular flexibility index (Phi) is 4.03. The van der Waals surface area contributed by atoms with Gasteiger partial charge in [-0.1, -0.05) is 11.8 Å². The van der Waals surface area contributed by atoms with Crippen LogP contribution in [0.1, 0.15) is 6.92 Å². The van der Waals surface area contributed by atoms with Crippen LogP contribution in [-0.4, -0.2) is 16.5 Å². The molecule has 0 spiro atoms. The molecule has 0 bridgehead atoms. The Morgan fingerprint density at radius 2 is 2.10 bits per heavy atom. The van der Waals surface area contributed by atoms with E-state index in [9.17, 15) is 8.78 Å². The number of aromatic nitrogens is 2. The molecular weight excluding hydrogens is 312 g/mol. The number of nitrogens with zero attached hydrogens (tertiary/aromatic N) is 2. The number of anilines is 1. The van der Waals surface area contributed by atoms with Crippen molar-refractivity contribution in [3.63, 3.8) is 0 Å². The van der Waals surface area contributed by atoms with Gasteiger partial charge in [-0.3, -0.25) is 0 Å². The van der Waals surface area contributed by atoms with Gasteiger partial charge in [0.15, 0.2) is 0 Å². The van der Waals surface area contributed by atoms with Crippen LogP contribution in [0.4, 0.5) is 14.7 Å². The van der Waals surface area contributed by atoms with Gasteiger partial charge < -0.3 is 5.32 Å². The average Bonchev–Trinajstić information content (AvgIpc) is 2.91. The molecule has 0 aliphatic rings. The summed E-state index contributed by atoms with van der Waals surface area (Å²) in [5, 5.41) is 6.50. The van der Waals surface area contributed by atoms with Crippen LogP contribution < -0.4 is 5.32 Å². The second-order valence-corrected chi connectivity index (χ2v) is 6.12. The molecule has 1 N–H and O–H groups in total. The molecule has 0 aliphatic carbocycles. The average molecular weight is 323 g/mol. The Morgan fingerprint density at radius 3 is 2.86 bits per heavy atom. The Morgan fingerprint density at radius 1 is 1.24 bits per heavy atom. The van der Waals surface area contributed by atoms with E-state index in [4.69, 9.17) is 0 Å². The minimum absolute atomic E-state index is 0.338. The molecular formula is C14H11F2N3S2. The number of halogens is 2. The fourth-order valence-corrected chi connectivity index (χ4v) is 3.54. The largest absolute Gasteiger partial charge is 0.354 e. The number of hydrogen-bond acceptors (Lipinski definition) is 5. The molecule has 2 heterocycles. The van der Waals surface area contributed by atoms with E-state index < -0.39 is 11.6 Å². The molecule has 0 aliphatic heterocycles. The predicted octanol–water partition coefficient (Wildman–Crippen LogP) is 4.55. The highest BCUT2D eigenvalue weighted by molar-refractivity contribution is 7.99. The monoisotopic (exact) mass is 323 g/mol. The van der Waals surface area contributed by atoms with Crippen LogP contribution in [0.5, 0.6) is 0 Å². The molecule has 0 amide bonds. The third-order valence-corrected chi connectivity index (χ3v) is 4.59. The molecule has 0 radical (unpaired) electrons. The highest BCUT2D eigenvalue weighted by Gasteiger charge is 2.13. The Labute approximate surface area is 128 Å². The molecule has 0 unspecified atom stereocenters. The normalized spacial score (nSPS) is 11.0. The van der Waals surface area contributed by atoms with E-state index in [-0.39, 0.29) is 0 Å². The van der Waals surface area contributed by atoms with Crippen molar-refractivity contribution in [1.29, 1.82) is 0 Å². The number of fused-ring (bicyclic) bond motifs is 1. The predicted molar refractivity (Wildman–Crippen MR) is 82.1 cm³/mol. The highest BCUT2D eigenvalue weighted by Crippen LogP contribution is 2.35. The summed E-state index contributed by atoms with van der Waals surface area (Å²) in [4.78, 5) is 9.98. The lowest BCUT2D eigenvalue weighted by molar-refractivity contribution is 0.565. The van der Waals surface area contributed by atoms with Crippen LogP contribution in [-0.2, 0) is 0 Å². The summed E-state index contributed by atoms with van der Waals surface area (Å²) in [6.45, 7) is 2.65. The SMILES string of the molecule is CCNc1nc(Sc2ccc(F)cc2F)c2ccsc2n1. The van der Waals surface area contributed by atoms with Crippen molar-refractivity contribution in [3.8, 4) is 0 Å². The van der Waals surface area contributed by atoms with E-state index in [0.717, 1.165) is 16.3 Å². The maximum absolute atomic E-state index is 13.8. The maximum atomic E-state index is 13.8. The number of nitrogens with one attached hydrogen (secondary N) is 1. The summed E-state index contributed by atoms with van der Waals surface area (Å²) < 4.78 is 26.8. The quantitative estimate of drug-likeness (QED) is 0.715. The molecule has 3 aromatic rings. The molecule has 3 rings (SSSR count). The van der Waals surface area contributed by atoms with E-state index in [1.807, 2.05) is 18.4 Å². The van der Waals surface area contributed by atoms with Crippen LogP contribution in [0.15, 0.2) is 39.6 Å². The van der Waals surface area contributed by atoms with Gasteiger partial charge in [-0.15, -0.1) is 11.3 Å². The third kappa shape index (κ3) is 2.98. The summed E-state index contributed by atoms with van der Waals surface area (Å²) in [5.41, 5.74) is 0. The molecule has 0 saturated heterocycles. The van der Waals surface area contributed by atoms with Gasteiger partial charge in [0.2, 0.25) is 5.95 Å². The first-order valence-electron chi connectivity index (χ1n) is 6.29. The molecule has 21 heavy (non-hydrogen) atoms. The smallest absolute Gasteiger partial charge is 0.225 e. The Balaban J connectivity index is 2.04. The first-order chi connectivity index (χ1) is 10.2. The van der Waals surface area contributed by atoms with Crippen LogP contribution in [0.2, 0.25) is 0 Å². The van der Waals surface area contributed by atoms with Crippen LogP contribution in [0.25, 0.3) is 10.2 Å². The van der Waals surface area contributed by atoms with E-state index >= 15 is 0 Å². The molecule has 108 valence electrons. The van der Waals surface area contributed by atoms with Gasteiger partial charge in [0.05, 0.1) is 0 Å². The van der Waals surface area contributed by atoms with E-state index in [2.05, 4.69) is 15.3 Å². The van der Waals surface area contributed by atoms with Gasteiger partial charge in [-0.25, -0.2) is 18.7 Å². The van der Waals surface area contributed by atoms with Crippen LogP contribution in [0, 0.1) is 11.6 Å². The second kappa shape index (κ2) is 5.95. The highest BCUT2D eigenvalue weighted by atomic mass is 32.2. The lowest BCUT2D eigenvalue weighted by Crippen LogP contribution is -2.02. The van der Waals surface area contributed by atoms with Gasteiger partial charge in [0, 0.05) is 22.9 Å². The van der Waals surface area contributed by atoms with Crippen LogP contribution in [0.3, 0.4) is 0 Å². The van der Waals surface area contributed by atoms with E-state index in [1.54, 1.807) is 0 Å². The van der Waals surface area contributed by atoms with Crippen molar-refractivity contribution < 1.29 is 8.78 Å². The molecule has 0 saturated carbocycles. The second-order valence-electron chi connectivity index (χ2n) is 4.20. The van der Waals surface area contributed by atoms with Gasteiger partial charge in [-0.2, -0.15) is 0 Å². The van der Waals surface area contributed by atoms with Crippen molar-refractivity contribution in [2.45, 2.75) is 16.8 Å². The zero-order valence-corrected chi connectivity index (χ0v) is 12.7. The molecule has 0 fully saturated rings. The van der Waals surface area contributed by atoms with Crippen molar-refractivity contribution in [2.24, 2.45) is 0 Å². The van der Waals surface area contributed by atoms with Crippen molar-refractivity contribution >= 4 is 39.3 Å². The minimum atomic E-state index is -0.591. The van der Waals surface area contributed by atoms with Gasteiger partial charge in [-0.05, 0) is 30.5 Å². The maximum Gasteiger partial charge on any atom is 0.225 e. The Bertz CT molecular complexity index is 789. The van der Waals surface area contributed by atoms with Crippen molar-refractivity contribution in [3.05, 3.63) is 41.3 Å². The van der Waals surface area contributed by atoms with Gasteiger partial charge in [0.1, 0.15) is 21.5 Å². The topological polar surface area (TPSA) is 37.8 Å². The summed E-state index contributed by atoms with van der Waals surface area (Å²) in [6, 6.07) is 5.43. The summed E-state index contributed by atoms with van der Waals surface area (Å²) in [5.74, 6) is -0.669. The fourth-order valence-electron chi connectivity index (χ4n) is 1.81. The molecule has 0 atom stereocenters. The van der Waals surface area contributed by atoms with Crippen molar-refractivity contribution in [1.82, 2.24) is 9.97 Å². The summed E-state index contributed by atoms with van der Waals surface area (Å²) in [6.07, 6.45) is 0. The minimum Gasteiger partial charge on any atom is -0.354 e. The fraction of sp³-hybridized carbons (Fsp3) is 0.143. The third-order valence-electron chi connectivity index (χ3n) is 2.73. The van der Waals surface area contributed by atoms with Crippen LogP contribution >= 0.6 is 23.1 Å².